The van der Waals surface area contributed by atoms with Gasteiger partial charge in [-0.2, -0.15) is 48.8 Å². The molecule has 0 radical (unpaired) electrons. The lowest BCUT2D eigenvalue weighted by atomic mass is 10.4. The van der Waals surface area contributed by atoms with Crippen LogP contribution in [0.25, 0.3) is 0 Å². The van der Waals surface area contributed by atoms with Gasteiger partial charge in [0.05, 0.1) is 0 Å². The van der Waals surface area contributed by atoms with Crippen molar-refractivity contribution in [2.45, 2.75) is 18.6 Å². The third-order valence-corrected chi connectivity index (χ3v) is 5.08. The summed E-state index contributed by atoms with van der Waals surface area (Å²) in [6.07, 6.45) is 1.18. The van der Waals surface area contributed by atoms with Crippen molar-refractivity contribution in [3.8, 4) is 0 Å². The zero-order chi connectivity index (χ0) is 9.23. The van der Waals surface area contributed by atoms with Crippen LogP contribution < -0.4 is 0 Å². The molecule has 0 spiro atoms. The van der Waals surface area contributed by atoms with Crippen LogP contribution in [0.5, 0.6) is 0 Å². The minimum absolute atomic E-state index is 0.588. The molecule has 0 aliphatic carbocycles. The van der Waals surface area contributed by atoms with Crippen LogP contribution in [0.2, 0.25) is 0 Å². The topological polar surface area (TPSA) is 0 Å². The van der Waals surface area contributed by atoms with Crippen LogP contribution >= 0.6 is 48.8 Å². The maximum absolute atomic E-state index is 4.43. The summed E-state index contributed by atoms with van der Waals surface area (Å²) < 4.78 is 0. The van der Waals surface area contributed by atoms with Crippen molar-refractivity contribution in [1.29, 1.82) is 0 Å². The van der Waals surface area contributed by atoms with Gasteiger partial charge in [0.1, 0.15) is 0 Å². The zero-order valence-corrected chi connectivity index (χ0v) is 11.0. The first-order valence-corrected chi connectivity index (χ1v) is 7.71. The first kappa shape index (κ1) is 13.4. The highest BCUT2D eigenvalue weighted by Crippen LogP contribution is 2.12. The lowest BCUT2D eigenvalue weighted by molar-refractivity contribution is 0.924. The highest BCUT2D eigenvalue weighted by atomic mass is 32.2. The van der Waals surface area contributed by atoms with Crippen LogP contribution in [0, 0.1) is 0 Å². The Morgan fingerprint density at radius 2 is 1.83 bits per heavy atom. The third kappa shape index (κ3) is 9.49. The smallest absolute Gasteiger partial charge is 0.0105 e. The van der Waals surface area contributed by atoms with Gasteiger partial charge in [-0.3, -0.25) is 0 Å². The SMILES string of the molecule is CCC(S)CSCCSCCS. The van der Waals surface area contributed by atoms with Gasteiger partial charge in [-0.05, 0) is 12.2 Å². The van der Waals surface area contributed by atoms with Gasteiger partial charge < -0.3 is 0 Å². The summed E-state index contributed by atoms with van der Waals surface area (Å²) in [7, 11) is 0. The molecule has 74 valence electrons. The molecule has 0 fully saturated rings. The molecule has 0 aliphatic rings. The maximum atomic E-state index is 4.43. The molecule has 0 aromatic heterocycles. The van der Waals surface area contributed by atoms with E-state index in [-0.39, 0.29) is 0 Å². The van der Waals surface area contributed by atoms with E-state index in [1.165, 1.54) is 29.4 Å². The molecule has 0 aromatic rings. The Hall–Kier alpha value is 1.40. The summed E-state index contributed by atoms with van der Waals surface area (Å²) in [4.78, 5) is 0. The minimum atomic E-state index is 0.588. The molecule has 0 bridgehead atoms. The molecule has 1 atom stereocenters. The van der Waals surface area contributed by atoms with Crippen molar-refractivity contribution in [1.82, 2.24) is 0 Å². The van der Waals surface area contributed by atoms with Gasteiger partial charge in [0, 0.05) is 28.3 Å². The normalized spacial score (nSPS) is 13.2. The second-order valence-corrected chi connectivity index (χ2v) is 6.03. The van der Waals surface area contributed by atoms with Crippen molar-refractivity contribution >= 4 is 48.8 Å². The number of rotatable bonds is 8. The van der Waals surface area contributed by atoms with E-state index in [1.807, 2.05) is 23.5 Å². The Bertz CT molecular complexity index is 87.1. The van der Waals surface area contributed by atoms with Crippen molar-refractivity contribution in [2.75, 3.05) is 28.8 Å². The molecule has 0 rings (SSSR count). The Morgan fingerprint density at radius 3 is 2.42 bits per heavy atom. The minimum Gasteiger partial charge on any atom is -0.179 e. The van der Waals surface area contributed by atoms with Crippen LogP contribution in [0.3, 0.4) is 0 Å². The van der Waals surface area contributed by atoms with E-state index in [4.69, 9.17) is 0 Å². The fourth-order valence-electron chi connectivity index (χ4n) is 0.622. The summed E-state index contributed by atoms with van der Waals surface area (Å²) in [5, 5.41) is 0.588. The molecular weight excluding hydrogens is 224 g/mol. The monoisotopic (exact) mass is 242 g/mol. The van der Waals surface area contributed by atoms with Crippen LogP contribution in [-0.4, -0.2) is 34.0 Å². The summed E-state index contributed by atoms with van der Waals surface area (Å²) in [5.41, 5.74) is 0. The first-order chi connectivity index (χ1) is 5.81. The van der Waals surface area contributed by atoms with E-state index in [0.717, 1.165) is 5.75 Å². The highest BCUT2D eigenvalue weighted by Gasteiger charge is 1.98. The summed E-state index contributed by atoms with van der Waals surface area (Å²) in [6.45, 7) is 2.19. The van der Waals surface area contributed by atoms with Gasteiger partial charge in [0.15, 0.2) is 0 Å². The molecule has 0 nitrogen and oxygen atoms in total. The molecule has 0 saturated heterocycles. The number of hydrogen-bond donors (Lipinski definition) is 2. The molecule has 0 heterocycles. The van der Waals surface area contributed by atoms with E-state index in [2.05, 4.69) is 32.2 Å². The Kier molecular flexibility index (Phi) is 11.7. The molecule has 0 aromatic carbocycles. The zero-order valence-electron chi connectivity index (χ0n) is 7.53. The van der Waals surface area contributed by atoms with Crippen molar-refractivity contribution in [3.63, 3.8) is 0 Å². The van der Waals surface area contributed by atoms with Gasteiger partial charge in [0.2, 0.25) is 0 Å². The predicted octanol–water partition coefficient (Wildman–Crippen LogP) is 3.09. The summed E-state index contributed by atoms with van der Waals surface area (Å²) in [6, 6.07) is 0. The maximum Gasteiger partial charge on any atom is 0.0105 e. The quantitative estimate of drug-likeness (QED) is 0.496. The predicted molar refractivity (Wildman–Crippen MR) is 71.6 cm³/mol. The average molecular weight is 242 g/mol. The molecule has 1 unspecified atom stereocenters. The van der Waals surface area contributed by atoms with E-state index < -0.39 is 0 Å². The Balaban J connectivity index is 2.90. The van der Waals surface area contributed by atoms with E-state index in [1.54, 1.807) is 0 Å². The van der Waals surface area contributed by atoms with E-state index in [9.17, 15) is 0 Å². The van der Waals surface area contributed by atoms with Gasteiger partial charge in [-0.15, -0.1) is 0 Å². The number of thiol groups is 2. The van der Waals surface area contributed by atoms with Crippen LogP contribution in [0.15, 0.2) is 0 Å². The summed E-state index contributed by atoms with van der Waals surface area (Å²) >= 11 is 12.6. The Morgan fingerprint density at radius 1 is 1.17 bits per heavy atom. The lowest BCUT2D eigenvalue weighted by Gasteiger charge is -2.06. The number of hydrogen-bond acceptors (Lipinski definition) is 4. The van der Waals surface area contributed by atoms with Crippen molar-refractivity contribution in [3.05, 3.63) is 0 Å². The third-order valence-electron chi connectivity index (χ3n) is 1.39. The lowest BCUT2D eigenvalue weighted by Crippen LogP contribution is -2.01. The molecule has 12 heavy (non-hydrogen) atoms. The highest BCUT2D eigenvalue weighted by molar-refractivity contribution is 8.03. The Labute approximate surface area is 95.9 Å². The van der Waals surface area contributed by atoms with Crippen LogP contribution in [-0.2, 0) is 0 Å². The summed E-state index contributed by atoms with van der Waals surface area (Å²) in [5.74, 6) is 5.90. The van der Waals surface area contributed by atoms with Crippen LogP contribution in [0.1, 0.15) is 13.3 Å². The van der Waals surface area contributed by atoms with Gasteiger partial charge in [-0.1, -0.05) is 6.92 Å². The van der Waals surface area contributed by atoms with Gasteiger partial charge >= 0.3 is 0 Å². The van der Waals surface area contributed by atoms with Gasteiger partial charge in [0.25, 0.3) is 0 Å². The fraction of sp³-hybridized carbons (Fsp3) is 1.00. The second-order valence-electron chi connectivity index (χ2n) is 2.47. The standard InChI is InChI=1S/C8H18S4/c1-2-8(10)7-12-6-5-11-4-3-9/h8-10H,2-7H2,1H3. The first-order valence-electron chi connectivity index (χ1n) is 4.25. The molecule has 0 aliphatic heterocycles. The fourth-order valence-corrected chi connectivity index (χ4v) is 3.28. The number of thioether (sulfide) groups is 2. The molecule has 0 amide bonds. The largest absolute Gasteiger partial charge is 0.179 e. The average Bonchev–Trinajstić information content (AvgIpc) is 2.10. The van der Waals surface area contributed by atoms with Crippen LogP contribution in [0.4, 0.5) is 0 Å². The second kappa shape index (κ2) is 10.5. The molecule has 4 heteroatoms. The van der Waals surface area contributed by atoms with E-state index >= 15 is 0 Å². The van der Waals surface area contributed by atoms with Crippen molar-refractivity contribution in [2.24, 2.45) is 0 Å². The van der Waals surface area contributed by atoms with Crippen molar-refractivity contribution < 1.29 is 0 Å². The molecular formula is C8H18S4. The molecule has 0 saturated carbocycles. The molecule has 0 N–H and O–H groups in total. The van der Waals surface area contributed by atoms with E-state index in [0.29, 0.717) is 5.25 Å². The van der Waals surface area contributed by atoms with Gasteiger partial charge in [-0.25, -0.2) is 0 Å².